The average Bonchev–Trinajstić information content (AvgIpc) is 3.40. The normalized spacial score (nSPS) is 25.2. The Kier molecular flexibility index (Phi) is 8.05. The molecule has 4 atom stereocenters. The van der Waals surface area contributed by atoms with Crippen LogP contribution in [0.5, 0.6) is 0 Å². The fraction of sp³-hybridized carbons (Fsp3) is 0.450. The summed E-state index contributed by atoms with van der Waals surface area (Å²) < 4.78 is 32.0. The Bertz CT molecular complexity index is 1180. The fourth-order valence-electron chi connectivity index (χ4n) is 4.06. The maximum Gasteiger partial charge on any atom is 1.00 e. The molecule has 34 heavy (non-hydrogen) atoms. The molecule has 2 aliphatic heterocycles. The van der Waals surface area contributed by atoms with Crippen molar-refractivity contribution in [1.29, 1.82) is 0 Å². The van der Waals surface area contributed by atoms with Crippen molar-refractivity contribution < 1.29 is 58.1 Å². The summed E-state index contributed by atoms with van der Waals surface area (Å²) in [6, 6.07) is 9.44. The maximum atomic E-state index is 12.5. The minimum Gasteiger partial charge on any atom is -0.766 e. The van der Waals surface area contributed by atoms with E-state index in [1.807, 2.05) is 30.3 Å². The smallest absolute Gasteiger partial charge is 0.766 e. The number of imidazole rings is 1. The molecule has 2 saturated heterocycles. The molecule has 0 bridgehead atoms. The predicted molar refractivity (Wildman–Crippen MR) is 116 cm³/mol. The molecule has 3 N–H and O–H groups in total. The van der Waals surface area contributed by atoms with Gasteiger partial charge in [0, 0.05) is 25.1 Å². The summed E-state index contributed by atoms with van der Waals surface area (Å²) in [6.07, 6.45) is -0.910. The molecule has 0 aliphatic carbocycles. The van der Waals surface area contributed by atoms with Crippen molar-refractivity contribution in [2.24, 2.45) is 0 Å². The van der Waals surface area contributed by atoms with Crippen LogP contribution < -0.4 is 40.2 Å². The number of ether oxygens (including phenoxy) is 2. The molecule has 0 amide bonds. The molecule has 3 aromatic rings. The van der Waals surface area contributed by atoms with Gasteiger partial charge in [-0.25, -0.2) is 19.6 Å². The number of hydrogen-bond donors (Lipinski definition) is 2. The van der Waals surface area contributed by atoms with Gasteiger partial charge in [-0.05, 0) is 0 Å². The Hall–Kier alpha value is -1.44. The van der Waals surface area contributed by atoms with Gasteiger partial charge in [0.05, 0.1) is 25.9 Å². The third-order valence-corrected chi connectivity index (χ3v) is 7.33. The molecule has 2 aromatic heterocycles. The van der Waals surface area contributed by atoms with Crippen LogP contribution in [0.25, 0.3) is 22.6 Å². The number of rotatable bonds is 6. The first-order valence-electron chi connectivity index (χ1n) is 10.6. The molecule has 0 spiro atoms. The second-order valence-corrected chi connectivity index (χ2v) is 9.63. The Labute approximate surface area is 217 Å². The number of aliphatic hydroxyl groups is 1. The molecular weight excluding hydrogens is 474 g/mol. The summed E-state index contributed by atoms with van der Waals surface area (Å²) in [7, 11) is -4.27. The van der Waals surface area contributed by atoms with Crippen molar-refractivity contribution in [2.45, 2.75) is 24.9 Å². The van der Waals surface area contributed by atoms with Crippen molar-refractivity contribution in [2.75, 3.05) is 38.6 Å². The summed E-state index contributed by atoms with van der Waals surface area (Å²) in [5.74, 6) is 0.784. The van der Waals surface area contributed by atoms with E-state index in [1.165, 1.54) is 11.0 Å². The second-order valence-electron chi connectivity index (χ2n) is 7.87. The standard InChI is InChI=1S/C20H25N6O6P.Na/c21-18-17-20(23-12-22-18)26(19(24-17)13-4-2-1-3-5-13)16-10-14(27)15(32-16)11-31-33(28,29)25-6-8-30-9-7-25;/h1-5,12,14-16,27H,6-11H2,(H,28,29)(H2,21,22,23);/q;+1/p-1/t14-,15+,16+;/m0./s1. The van der Waals surface area contributed by atoms with Crippen LogP contribution in [0.2, 0.25) is 0 Å². The summed E-state index contributed by atoms with van der Waals surface area (Å²) in [5, 5.41) is 10.6. The molecule has 14 heteroatoms. The Morgan fingerprint density at radius 3 is 2.71 bits per heavy atom. The molecule has 0 radical (unpaired) electrons. The van der Waals surface area contributed by atoms with Crippen LogP contribution in [0, 0.1) is 0 Å². The molecule has 2 fully saturated rings. The Balaban J connectivity index is 0.00000274. The van der Waals surface area contributed by atoms with Crippen LogP contribution in [-0.4, -0.2) is 74.4 Å². The van der Waals surface area contributed by atoms with Gasteiger partial charge in [0.15, 0.2) is 17.0 Å². The number of anilines is 1. The quantitative estimate of drug-likeness (QED) is 0.274. The molecule has 4 heterocycles. The molecule has 2 aliphatic rings. The molecule has 5 rings (SSSR count). The van der Waals surface area contributed by atoms with Crippen molar-refractivity contribution in [1.82, 2.24) is 24.2 Å². The van der Waals surface area contributed by atoms with Gasteiger partial charge < -0.3 is 29.7 Å². The van der Waals surface area contributed by atoms with Crippen molar-refractivity contribution in [3.63, 3.8) is 0 Å². The topological polar surface area (TPSA) is 161 Å². The number of nitrogens with two attached hydrogens (primary N) is 1. The zero-order chi connectivity index (χ0) is 23.0. The van der Waals surface area contributed by atoms with E-state index in [2.05, 4.69) is 15.0 Å². The van der Waals surface area contributed by atoms with Gasteiger partial charge in [-0.1, -0.05) is 30.3 Å². The van der Waals surface area contributed by atoms with Gasteiger partial charge >= 0.3 is 29.6 Å². The van der Waals surface area contributed by atoms with Gasteiger partial charge in [0.25, 0.3) is 0 Å². The Morgan fingerprint density at radius 2 is 1.97 bits per heavy atom. The van der Waals surface area contributed by atoms with E-state index < -0.39 is 26.2 Å². The average molecular weight is 498 g/mol. The van der Waals surface area contributed by atoms with Gasteiger partial charge in [-0.3, -0.25) is 9.13 Å². The van der Waals surface area contributed by atoms with E-state index in [9.17, 15) is 14.6 Å². The van der Waals surface area contributed by atoms with E-state index in [0.717, 1.165) is 5.56 Å². The summed E-state index contributed by atoms with van der Waals surface area (Å²) in [6.45, 7) is 0.808. The molecule has 1 aromatic carbocycles. The third kappa shape index (κ3) is 5.07. The zero-order valence-electron chi connectivity index (χ0n) is 18.7. The monoisotopic (exact) mass is 498 g/mol. The van der Waals surface area contributed by atoms with Crippen LogP contribution in [0.4, 0.5) is 5.82 Å². The minimum atomic E-state index is -4.27. The first-order valence-corrected chi connectivity index (χ1v) is 12.1. The molecular formula is C20H24N6NaO6P. The number of aromatic nitrogens is 4. The van der Waals surface area contributed by atoms with Gasteiger partial charge in [-0.2, -0.15) is 0 Å². The number of hydrogen-bond acceptors (Lipinski definition) is 10. The van der Waals surface area contributed by atoms with E-state index in [4.69, 9.17) is 19.7 Å². The number of fused-ring (bicyclic) bond motifs is 1. The van der Waals surface area contributed by atoms with Crippen LogP contribution in [0.1, 0.15) is 12.6 Å². The van der Waals surface area contributed by atoms with Gasteiger partial charge in [0.2, 0.25) is 7.75 Å². The van der Waals surface area contributed by atoms with Crippen LogP contribution in [-0.2, 0) is 18.6 Å². The van der Waals surface area contributed by atoms with E-state index in [1.54, 1.807) is 4.57 Å². The first-order chi connectivity index (χ1) is 15.9. The zero-order valence-corrected chi connectivity index (χ0v) is 21.6. The minimum absolute atomic E-state index is 0. The molecule has 176 valence electrons. The SMILES string of the molecule is Nc1ncnc2c1nc(-c1ccccc1)n2[C@H]1C[C@H](O)[C@@H](COP(=O)([O-])N2CCOCC2)O1.[Na+]. The number of aliphatic hydroxyl groups excluding tert-OH is 1. The molecule has 1 unspecified atom stereocenters. The van der Waals surface area contributed by atoms with Crippen LogP contribution in [0.3, 0.4) is 0 Å². The van der Waals surface area contributed by atoms with Crippen LogP contribution in [0.15, 0.2) is 36.7 Å². The van der Waals surface area contributed by atoms with Crippen molar-refractivity contribution in [3.8, 4) is 11.4 Å². The van der Waals surface area contributed by atoms with Gasteiger partial charge in [-0.15, -0.1) is 0 Å². The number of benzene rings is 1. The first kappa shape index (κ1) is 25.6. The van der Waals surface area contributed by atoms with Crippen molar-refractivity contribution in [3.05, 3.63) is 36.7 Å². The second kappa shape index (κ2) is 10.7. The van der Waals surface area contributed by atoms with E-state index in [-0.39, 0.29) is 61.5 Å². The van der Waals surface area contributed by atoms with Gasteiger partial charge in [0.1, 0.15) is 24.5 Å². The summed E-state index contributed by atoms with van der Waals surface area (Å²) in [4.78, 5) is 25.5. The maximum absolute atomic E-state index is 12.5. The summed E-state index contributed by atoms with van der Waals surface area (Å²) >= 11 is 0. The summed E-state index contributed by atoms with van der Waals surface area (Å²) in [5.41, 5.74) is 7.71. The number of nitrogen functional groups attached to an aromatic ring is 1. The van der Waals surface area contributed by atoms with E-state index >= 15 is 0 Å². The molecule has 12 nitrogen and oxygen atoms in total. The van der Waals surface area contributed by atoms with Crippen molar-refractivity contribution >= 4 is 24.7 Å². The largest absolute Gasteiger partial charge is 1.00 e. The predicted octanol–water partition coefficient (Wildman–Crippen LogP) is -2.45. The Morgan fingerprint density at radius 1 is 1.24 bits per heavy atom. The fourth-order valence-corrected chi connectivity index (χ4v) is 5.21. The molecule has 0 saturated carbocycles. The third-order valence-electron chi connectivity index (χ3n) is 5.77. The number of nitrogens with zero attached hydrogens (tertiary/aromatic N) is 5. The van der Waals surface area contributed by atoms with E-state index in [0.29, 0.717) is 30.2 Å². The number of morpholine rings is 1. The van der Waals surface area contributed by atoms with Crippen LogP contribution >= 0.6 is 7.75 Å².